The number of thioether (sulfide) groups is 1. The van der Waals surface area contributed by atoms with E-state index in [1.165, 1.54) is 0 Å². The Morgan fingerprint density at radius 3 is 2.67 bits per heavy atom. The second-order valence-electron chi connectivity index (χ2n) is 0.806. The number of hydrogen-bond donors (Lipinski definition) is 0. The first-order valence-corrected chi connectivity index (χ1v) is 3.03. The molecule has 38 valence electrons. The van der Waals surface area contributed by atoms with Crippen molar-refractivity contribution in [3.05, 3.63) is 0 Å². The van der Waals surface area contributed by atoms with Crippen LogP contribution in [0.25, 0.3) is 0 Å². The summed E-state index contributed by atoms with van der Waals surface area (Å²) < 4.78 is 10.7. The molecule has 0 amide bonds. The van der Waals surface area contributed by atoms with Crippen molar-refractivity contribution in [3.63, 3.8) is 0 Å². The lowest BCUT2D eigenvalue weighted by atomic mass is 10.9. The minimum Gasteiger partial charge on any atom is -0.193 e. The summed E-state index contributed by atoms with van der Waals surface area (Å²) in [5.74, 6) is 0.733. The monoisotopic (exact) mass is 110 g/mol. The summed E-state index contributed by atoms with van der Waals surface area (Å²) in [7, 11) is 0. The van der Waals surface area contributed by atoms with Crippen LogP contribution in [0.4, 0.5) is 4.53 Å². The lowest BCUT2D eigenvalue weighted by Crippen LogP contribution is -1.85. The zero-order chi connectivity index (χ0) is 4.83. The van der Waals surface area contributed by atoms with E-state index in [2.05, 4.69) is 4.94 Å². The zero-order valence-corrected chi connectivity index (χ0v) is 4.43. The van der Waals surface area contributed by atoms with Crippen LogP contribution in [0.2, 0.25) is 0 Å². The van der Waals surface area contributed by atoms with Crippen LogP contribution in [0.1, 0.15) is 0 Å². The van der Waals surface area contributed by atoms with Crippen molar-refractivity contribution in [1.82, 2.24) is 0 Å². The zero-order valence-electron chi connectivity index (χ0n) is 3.61. The van der Waals surface area contributed by atoms with Crippen molar-refractivity contribution in [2.45, 2.75) is 0 Å². The van der Waals surface area contributed by atoms with Gasteiger partial charge in [0.25, 0.3) is 0 Å². The standard InChI is InChI=1S/C3H7FOS/c1-6-3-2-5-4/h2-3H2,1H3. The van der Waals surface area contributed by atoms with Crippen molar-refractivity contribution >= 4 is 11.8 Å². The highest BCUT2D eigenvalue weighted by Gasteiger charge is 1.78. The van der Waals surface area contributed by atoms with Gasteiger partial charge < -0.3 is 0 Å². The van der Waals surface area contributed by atoms with Crippen LogP contribution in [-0.2, 0) is 4.94 Å². The van der Waals surface area contributed by atoms with Gasteiger partial charge in [-0.2, -0.15) is 16.7 Å². The Bertz CT molecular complexity index is 22.8. The van der Waals surface area contributed by atoms with E-state index in [-0.39, 0.29) is 6.61 Å². The Morgan fingerprint density at radius 1 is 1.83 bits per heavy atom. The molecule has 0 aliphatic heterocycles. The van der Waals surface area contributed by atoms with Crippen molar-refractivity contribution < 1.29 is 9.47 Å². The Kier molecular flexibility index (Phi) is 5.45. The first-order valence-electron chi connectivity index (χ1n) is 1.64. The Balaban J connectivity index is 2.34. The molecule has 0 aliphatic carbocycles. The lowest BCUT2D eigenvalue weighted by Gasteiger charge is -1.84. The fraction of sp³-hybridized carbons (Fsp3) is 1.00. The maximum absolute atomic E-state index is 10.7. The van der Waals surface area contributed by atoms with Crippen molar-refractivity contribution in [2.24, 2.45) is 0 Å². The van der Waals surface area contributed by atoms with Crippen molar-refractivity contribution in [1.29, 1.82) is 0 Å². The van der Waals surface area contributed by atoms with E-state index in [0.717, 1.165) is 5.75 Å². The number of hydrogen-bond acceptors (Lipinski definition) is 2. The molecule has 0 aromatic heterocycles. The SMILES string of the molecule is CSCCOF. The molecule has 0 aromatic rings. The molecule has 3 heteroatoms. The van der Waals surface area contributed by atoms with Gasteiger partial charge in [0.1, 0.15) is 0 Å². The van der Waals surface area contributed by atoms with E-state index in [1.54, 1.807) is 11.8 Å². The first kappa shape index (κ1) is 6.24. The van der Waals surface area contributed by atoms with Crippen molar-refractivity contribution in [2.75, 3.05) is 18.6 Å². The summed E-state index contributed by atoms with van der Waals surface area (Å²) in [5.41, 5.74) is 0. The summed E-state index contributed by atoms with van der Waals surface area (Å²) >= 11 is 1.56. The second kappa shape index (κ2) is 5.24. The van der Waals surface area contributed by atoms with Crippen LogP contribution in [-0.4, -0.2) is 18.6 Å². The van der Waals surface area contributed by atoms with E-state index >= 15 is 0 Å². The molecule has 0 saturated carbocycles. The average Bonchev–Trinajstić information content (AvgIpc) is 1.61. The molecule has 6 heavy (non-hydrogen) atoms. The van der Waals surface area contributed by atoms with Gasteiger partial charge in [-0.05, 0) is 10.8 Å². The quantitative estimate of drug-likeness (QED) is 0.506. The molecule has 0 heterocycles. The molecule has 0 bridgehead atoms. The smallest absolute Gasteiger partial charge is 0.0966 e. The summed E-state index contributed by atoms with van der Waals surface area (Å²) in [5, 5.41) is 0. The minimum absolute atomic E-state index is 0.209. The second-order valence-corrected chi connectivity index (χ2v) is 1.79. The maximum atomic E-state index is 10.7. The molecule has 0 aliphatic rings. The van der Waals surface area contributed by atoms with Gasteiger partial charge in [0.05, 0.1) is 6.61 Å². The molecule has 0 atom stereocenters. The van der Waals surface area contributed by atoms with Gasteiger partial charge in [-0.15, -0.1) is 0 Å². The van der Waals surface area contributed by atoms with Crippen LogP contribution in [0.15, 0.2) is 0 Å². The highest BCUT2D eigenvalue weighted by Crippen LogP contribution is 1.89. The Labute approximate surface area is 40.8 Å². The molecule has 0 fully saturated rings. The first-order chi connectivity index (χ1) is 2.91. The largest absolute Gasteiger partial charge is 0.193 e. The van der Waals surface area contributed by atoms with Crippen molar-refractivity contribution in [3.8, 4) is 0 Å². The van der Waals surface area contributed by atoms with Crippen LogP contribution < -0.4 is 0 Å². The molecular weight excluding hydrogens is 103 g/mol. The summed E-state index contributed by atoms with van der Waals surface area (Å²) in [6.45, 7) is 0.209. The van der Waals surface area contributed by atoms with Crippen LogP contribution in [0, 0.1) is 0 Å². The Morgan fingerprint density at radius 2 is 2.50 bits per heavy atom. The lowest BCUT2D eigenvalue weighted by molar-refractivity contribution is -0.124. The van der Waals surface area contributed by atoms with E-state index in [9.17, 15) is 4.53 Å². The maximum Gasteiger partial charge on any atom is 0.0966 e. The molecule has 1 nitrogen and oxygen atoms in total. The van der Waals surface area contributed by atoms with E-state index in [1.807, 2.05) is 6.26 Å². The normalized spacial score (nSPS) is 9.00. The van der Waals surface area contributed by atoms with Crippen LogP contribution in [0.5, 0.6) is 0 Å². The summed E-state index contributed by atoms with van der Waals surface area (Å²) in [4.78, 5) is 3.26. The third-order valence-corrected chi connectivity index (χ3v) is 0.940. The van der Waals surface area contributed by atoms with Gasteiger partial charge in [-0.25, -0.2) is 0 Å². The summed E-state index contributed by atoms with van der Waals surface area (Å²) in [6.07, 6.45) is 1.90. The molecule has 0 N–H and O–H groups in total. The van der Waals surface area contributed by atoms with Crippen LogP contribution in [0.3, 0.4) is 0 Å². The predicted molar refractivity (Wildman–Crippen MR) is 25.4 cm³/mol. The molecule has 0 rings (SSSR count). The van der Waals surface area contributed by atoms with Gasteiger partial charge in [0.2, 0.25) is 0 Å². The summed E-state index contributed by atoms with van der Waals surface area (Å²) in [6, 6.07) is 0. The Hall–Kier alpha value is 0.240. The van der Waals surface area contributed by atoms with Gasteiger partial charge >= 0.3 is 0 Å². The van der Waals surface area contributed by atoms with E-state index in [0.29, 0.717) is 0 Å². The minimum atomic E-state index is 0.209. The topological polar surface area (TPSA) is 9.23 Å². The van der Waals surface area contributed by atoms with Gasteiger partial charge in [-0.1, -0.05) is 0 Å². The average molecular weight is 110 g/mol. The number of rotatable bonds is 3. The molecule has 0 aromatic carbocycles. The fourth-order valence-corrected chi connectivity index (χ4v) is 0.344. The molecular formula is C3H7FOS. The molecule has 0 spiro atoms. The molecule has 0 saturated heterocycles. The number of halogens is 1. The van der Waals surface area contributed by atoms with Gasteiger partial charge in [0.15, 0.2) is 0 Å². The third kappa shape index (κ3) is 4.24. The molecule has 0 radical (unpaired) electrons. The van der Waals surface area contributed by atoms with E-state index in [4.69, 9.17) is 0 Å². The highest BCUT2D eigenvalue weighted by molar-refractivity contribution is 7.98. The molecule has 0 unspecified atom stereocenters. The van der Waals surface area contributed by atoms with Crippen LogP contribution >= 0.6 is 11.8 Å². The van der Waals surface area contributed by atoms with Gasteiger partial charge in [-0.3, -0.25) is 0 Å². The predicted octanol–water partition coefficient (Wildman–Crippen LogP) is 1.25. The van der Waals surface area contributed by atoms with E-state index < -0.39 is 0 Å². The fourth-order valence-electron chi connectivity index (χ4n) is 0.115. The third-order valence-electron chi connectivity index (χ3n) is 0.365. The highest BCUT2D eigenvalue weighted by atomic mass is 32.2. The van der Waals surface area contributed by atoms with Gasteiger partial charge in [0, 0.05) is 5.75 Å².